The minimum absolute atomic E-state index is 0.281. The molecular weight excluding hydrogens is 373 g/mol. The van der Waals surface area contributed by atoms with Gasteiger partial charge in [-0.15, -0.1) is 0 Å². The summed E-state index contributed by atoms with van der Waals surface area (Å²) in [5, 5.41) is 11.8. The molecule has 0 aliphatic rings. The molecule has 112 valence electrons. The van der Waals surface area contributed by atoms with Crippen LogP contribution in [0.5, 0.6) is 0 Å². The standard InChI is InChI=1S/C16H16BrCl2NO/c1-9-2-4-12(14(17)6-9)16(21)13(8-20)11-5-3-10(18)7-15(11)19/h2-7,13,16,21H,8,20H2,1H3. The number of benzene rings is 2. The topological polar surface area (TPSA) is 46.2 Å². The van der Waals surface area contributed by atoms with E-state index in [2.05, 4.69) is 15.9 Å². The van der Waals surface area contributed by atoms with Crippen LogP contribution >= 0.6 is 39.1 Å². The quantitative estimate of drug-likeness (QED) is 0.786. The zero-order chi connectivity index (χ0) is 15.6. The first kappa shape index (κ1) is 16.8. The van der Waals surface area contributed by atoms with Gasteiger partial charge in [-0.25, -0.2) is 0 Å². The summed E-state index contributed by atoms with van der Waals surface area (Å²) in [4.78, 5) is 0. The monoisotopic (exact) mass is 387 g/mol. The van der Waals surface area contributed by atoms with Crippen LogP contribution in [-0.2, 0) is 0 Å². The molecule has 2 aromatic carbocycles. The SMILES string of the molecule is Cc1ccc(C(O)C(CN)c2ccc(Cl)cc2Cl)c(Br)c1. The highest BCUT2D eigenvalue weighted by molar-refractivity contribution is 9.10. The van der Waals surface area contributed by atoms with Crippen LogP contribution in [0.4, 0.5) is 0 Å². The Hall–Kier alpha value is -0.580. The van der Waals surface area contributed by atoms with Crippen LogP contribution in [0.1, 0.15) is 28.7 Å². The summed E-state index contributed by atoms with van der Waals surface area (Å²) in [6.07, 6.45) is -0.747. The zero-order valence-electron chi connectivity index (χ0n) is 11.5. The van der Waals surface area contributed by atoms with Gasteiger partial charge in [0.15, 0.2) is 0 Å². The predicted molar refractivity (Wildman–Crippen MR) is 92.1 cm³/mol. The van der Waals surface area contributed by atoms with E-state index in [1.807, 2.05) is 31.2 Å². The Morgan fingerprint density at radius 1 is 1.14 bits per heavy atom. The number of aryl methyl sites for hydroxylation is 1. The van der Waals surface area contributed by atoms with E-state index in [0.717, 1.165) is 21.2 Å². The molecule has 0 radical (unpaired) electrons. The van der Waals surface area contributed by atoms with Crippen molar-refractivity contribution in [2.75, 3.05) is 6.54 Å². The van der Waals surface area contributed by atoms with Gasteiger partial charge in [-0.3, -0.25) is 0 Å². The third kappa shape index (κ3) is 3.79. The van der Waals surface area contributed by atoms with Gasteiger partial charge in [-0.1, -0.05) is 57.3 Å². The van der Waals surface area contributed by atoms with Crippen molar-refractivity contribution in [1.82, 2.24) is 0 Å². The number of nitrogens with two attached hydrogens (primary N) is 1. The predicted octanol–water partition coefficient (Wildman–Crippen LogP) is 4.84. The van der Waals surface area contributed by atoms with E-state index in [4.69, 9.17) is 28.9 Å². The second kappa shape index (κ2) is 7.12. The Bertz CT molecular complexity index is 648. The number of hydrogen-bond donors (Lipinski definition) is 2. The average Bonchev–Trinajstić information content (AvgIpc) is 2.41. The summed E-state index contributed by atoms with van der Waals surface area (Å²) in [5.41, 5.74) is 8.57. The fraction of sp³-hybridized carbons (Fsp3) is 0.250. The molecule has 0 aliphatic carbocycles. The number of hydrogen-bond acceptors (Lipinski definition) is 2. The van der Waals surface area contributed by atoms with Gasteiger partial charge in [0.05, 0.1) is 6.10 Å². The van der Waals surface area contributed by atoms with E-state index in [1.54, 1.807) is 12.1 Å². The lowest BCUT2D eigenvalue weighted by molar-refractivity contribution is 0.146. The van der Waals surface area contributed by atoms with Crippen LogP contribution in [0, 0.1) is 6.92 Å². The first-order valence-corrected chi connectivity index (χ1v) is 8.08. The number of rotatable bonds is 4. The highest BCUT2D eigenvalue weighted by atomic mass is 79.9. The number of aliphatic hydroxyl groups excluding tert-OH is 1. The summed E-state index contributed by atoms with van der Waals surface area (Å²) in [7, 11) is 0. The van der Waals surface area contributed by atoms with E-state index < -0.39 is 6.10 Å². The molecule has 0 saturated heterocycles. The molecule has 0 spiro atoms. The highest BCUT2D eigenvalue weighted by Gasteiger charge is 2.25. The van der Waals surface area contributed by atoms with Crippen molar-refractivity contribution in [3.05, 3.63) is 67.6 Å². The normalized spacial score (nSPS) is 14.0. The molecule has 2 atom stereocenters. The fourth-order valence-corrected chi connectivity index (χ4v) is 3.59. The molecule has 0 heterocycles. The van der Waals surface area contributed by atoms with E-state index in [9.17, 15) is 5.11 Å². The summed E-state index contributed by atoms with van der Waals surface area (Å²) >= 11 is 15.6. The van der Waals surface area contributed by atoms with Gasteiger partial charge in [0.2, 0.25) is 0 Å². The lowest BCUT2D eigenvalue weighted by Crippen LogP contribution is -2.21. The lowest BCUT2D eigenvalue weighted by Gasteiger charge is -2.24. The first-order chi connectivity index (χ1) is 9.93. The third-order valence-corrected chi connectivity index (χ3v) is 4.72. The molecule has 5 heteroatoms. The maximum absolute atomic E-state index is 10.7. The summed E-state index contributed by atoms with van der Waals surface area (Å²) in [6.45, 7) is 2.28. The maximum Gasteiger partial charge on any atom is 0.0882 e. The molecule has 0 fully saturated rings. The summed E-state index contributed by atoms with van der Waals surface area (Å²) in [5.74, 6) is -0.297. The molecular formula is C16H16BrCl2NO. The second-order valence-corrected chi connectivity index (χ2v) is 6.68. The Kier molecular flexibility index (Phi) is 5.69. The average molecular weight is 389 g/mol. The van der Waals surface area contributed by atoms with Crippen LogP contribution < -0.4 is 5.73 Å². The van der Waals surface area contributed by atoms with Crippen molar-refractivity contribution < 1.29 is 5.11 Å². The molecule has 3 N–H and O–H groups in total. The second-order valence-electron chi connectivity index (χ2n) is 4.98. The van der Waals surface area contributed by atoms with Crippen molar-refractivity contribution in [2.24, 2.45) is 5.73 Å². The molecule has 2 unspecified atom stereocenters. The molecule has 0 bridgehead atoms. The van der Waals surface area contributed by atoms with Crippen LogP contribution in [0.25, 0.3) is 0 Å². The van der Waals surface area contributed by atoms with Crippen molar-refractivity contribution in [2.45, 2.75) is 18.9 Å². The first-order valence-electron chi connectivity index (χ1n) is 6.53. The molecule has 21 heavy (non-hydrogen) atoms. The largest absolute Gasteiger partial charge is 0.388 e. The Morgan fingerprint density at radius 3 is 2.38 bits per heavy atom. The Balaban J connectivity index is 2.40. The van der Waals surface area contributed by atoms with E-state index >= 15 is 0 Å². The van der Waals surface area contributed by atoms with E-state index in [0.29, 0.717) is 10.0 Å². The maximum atomic E-state index is 10.7. The highest BCUT2D eigenvalue weighted by Crippen LogP contribution is 2.37. The fourth-order valence-electron chi connectivity index (χ4n) is 2.32. The van der Waals surface area contributed by atoms with Crippen molar-refractivity contribution in [3.63, 3.8) is 0 Å². The molecule has 2 rings (SSSR count). The lowest BCUT2D eigenvalue weighted by atomic mass is 9.89. The molecule has 0 saturated carbocycles. The number of halogens is 3. The van der Waals surface area contributed by atoms with Crippen molar-refractivity contribution in [1.29, 1.82) is 0 Å². The van der Waals surface area contributed by atoms with Gasteiger partial charge in [0.25, 0.3) is 0 Å². The van der Waals surface area contributed by atoms with Crippen LogP contribution in [0.15, 0.2) is 40.9 Å². The smallest absolute Gasteiger partial charge is 0.0882 e. The van der Waals surface area contributed by atoms with Gasteiger partial charge in [-0.05, 0) is 41.8 Å². The van der Waals surface area contributed by atoms with Gasteiger partial charge < -0.3 is 10.8 Å². The van der Waals surface area contributed by atoms with Gasteiger partial charge >= 0.3 is 0 Å². The van der Waals surface area contributed by atoms with E-state index in [-0.39, 0.29) is 12.5 Å². The van der Waals surface area contributed by atoms with Crippen LogP contribution in [-0.4, -0.2) is 11.7 Å². The third-order valence-electron chi connectivity index (χ3n) is 3.47. The van der Waals surface area contributed by atoms with Crippen molar-refractivity contribution in [3.8, 4) is 0 Å². The van der Waals surface area contributed by atoms with Crippen molar-refractivity contribution >= 4 is 39.1 Å². The molecule has 0 aromatic heterocycles. The molecule has 0 aliphatic heterocycles. The molecule has 0 amide bonds. The summed E-state index contributed by atoms with van der Waals surface area (Å²) in [6, 6.07) is 11.1. The van der Waals surface area contributed by atoms with Gasteiger partial charge in [-0.2, -0.15) is 0 Å². The van der Waals surface area contributed by atoms with E-state index in [1.165, 1.54) is 0 Å². The Labute approximate surface area is 143 Å². The minimum Gasteiger partial charge on any atom is -0.388 e. The van der Waals surface area contributed by atoms with Crippen LogP contribution in [0.3, 0.4) is 0 Å². The van der Waals surface area contributed by atoms with Gasteiger partial charge in [0.1, 0.15) is 0 Å². The molecule has 2 aromatic rings. The zero-order valence-corrected chi connectivity index (χ0v) is 14.6. The molecule has 2 nitrogen and oxygen atoms in total. The minimum atomic E-state index is -0.747. The summed E-state index contributed by atoms with van der Waals surface area (Å²) < 4.78 is 0.860. The van der Waals surface area contributed by atoms with Crippen LogP contribution in [0.2, 0.25) is 10.0 Å². The van der Waals surface area contributed by atoms with Gasteiger partial charge in [0, 0.05) is 27.0 Å². The number of aliphatic hydroxyl groups is 1. The Morgan fingerprint density at radius 2 is 1.81 bits per heavy atom.